The number of nitrogens with zero attached hydrogens (tertiary/aromatic N) is 2. The molecule has 0 saturated carbocycles. The number of Topliss-reactive ketones (excluding diaryl/α,β-unsaturated/α-hetero) is 1. The smallest absolute Gasteiger partial charge is 0.199 e. The molecule has 0 unspecified atom stereocenters. The average Bonchev–Trinajstić information content (AvgIpc) is 3.11. The second kappa shape index (κ2) is 7.34. The summed E-state index contributed by atoms with van der Waals surface area (Å²) in [6.07, 6.45) is 0.504. The predicted molar refractivity (Wildman–Crippen MR) is 105 cm³/mol. The molecule has 2 heterocycles. The Labute approximate surface area is 154 Å². The fourth-order valence-electron chi connectivity index (χ4n) is 3.63. The summed E-state index contributed by atoms with van der Waals surface area (Å²) >= 11 is 0. The molecule has 2 aromatic carbocycles. The predicted octanol–water partition coefficient (Wildman–Crippen LogP) is 4.14. The van der Waals surface area contributed by atoms with Crippen LogP contribution in [0.4, 0.5) is 5.69 Å². The molecule has 134 valence electrons. The molecule has 1 saturated heterocycles. The zero-order chi connectivity index (χ0) is 17.9. The first kappa shape index (κ1) is 16.9. The Morgan fingerprint density at radius 3 is 2.50 bits per heavy atom. The molecule has 3 aromatic rings. The van der Waals surface area contributed by atoms with Crippen LogP contribution in [0.3, 0.4) is 0 Å². The highest BCUT2D eigenvalue weighted by atomic mass is 16.3. The zero-order valence-electron chi connectivity index (χ0n) is 15.1. The molecule has 0 spiro atoms. The lowest BCUT2D eigenvalue weighted by Gasteiger charge is -2.36. The quantitative estimate of drug-likeness (QED) is 0.650. The Morgan fingerprint density at radius 1 is 1.00 bits per heavy atom. The molecule has 1 aliphatic heterocycles. The molecule has 0 aliphatic carbocycles. The van der Waals surface area contributed by atoms with Crippen LogP contribution in [-0.4, -0.2) is 43.4 Å². The van der Waals surface area contributed by atoms with Crippen molar-refractivity contribution in [2.24, 2.45) is 0 Å². The number of aryl methyl sites for hydroxylation is 1. The summed E-state index contributed by atoms with van der Waals surface area (Å²) in [6.45, 7) is 6.93. The van der Waals surface area contributed by atoms with E-state index < -0.39 is 0 Å². The van der Waals surface area contributed by atoms with E-state index in [1.807, 2.05) is 30.3 Å². The van der Waals surface area contributed by atoms with Crippen LogP contribution >= 0.6 is 0 Å². The topological polar surface area (TPSA) is 36.7 Å². The van der Waals surface area contributed by atoms with Crippen molar-refractivity contribution >= 4 is 22.4 Å². The first-order valence-corrected chi connectivity index (χ1v) is 9.25. The van der Waals surface area contributed by atoms with Gasteiger partial charge in [0.1, 0.15) is 5.58 Å². The van der Waals surface area contributed by atoms with Crippen molar-refractivity contribution in [3.8, 4) is 0 Å². The van der Waals surface area contributed by atoms with E-state index in [0.717, 1.165) is 43.7 Å². The highest BCUT2D eigenvalue weighted by molar-refractivity contribution is 5.97. The van der Waals surface area contributed by atoms with E-state index in [1.165, 1.54) is 11.3 Å². The number of rotatable bonds is 5. The van der Waals surface area contributed by atoms with Gasteiger partial charge in [0.15, 0.2) is 11.5 Å². The Morgan fingerprint density at radius 2 is 1.73 bits per heavy atom. The molecule has 0 N–H and O–H groups in total. The van der Waals surface area contributed by atoms with Crippen molar-refractivity contribution in [3.63, 3.8) is 0 Å². The molecule has 0 atom stereocenters. The summed E-state index contributed by atoms with van der Waals surface area (Å²) < 4.78 is 5.68. The van der Waals surface area contributed by atoms with Gasteiger partial charge in [-0.3, -0.25) is 9.69 Å². The maximum Gasteiger partial charge on any atom is 0.199 e. The van der Waals surface area contributed by atoms with Gasteiger partial charge in [0, 0.05) is 50.2 Å². The second-order valence-corrected chi connectivity index (χ2v) is 6.94. The Balaban J connectivity index is 1.31. The van der Waals surface area contributed by atoms with Crippen molar-refractivity contribution in [3.05, 3.63) is 65.9 Å². The second-order valence-electron chi connectivity index (χ2n) is 6.94. The van der Waals surface area contributed by atoms with Crippen LogP contribution in [0.1, 0.15) is 22.5 Å². The van der Waals surface area contributed by atoms with Crippen LogP contribution in [0, 0.1) is 6.92 Å². The normalized spacial score (nSPS) is 15.5. The maximum absolute atomic E-state index is 12.5. The minimum atomic E-state index is 0.0857. The van der Waals surface area contributed by atoms with E-state index in [4.69, 9.17) is 4.42 Å². The van der Waals surface area contributed by atoms with Crippen LogP contribution < -0.4 is 4.90 Å². The molecule has 1 aliphatic rings. The summed E-state index contributed by atoms with van der Waals surface area (Å²) in [7, 11) is 0. The average molecular weight is 348 g/mol. The minimum Gasteiger partial charge on any atom is -0.453 e. The molecule has 4 nitrogen and oxygen atoms in total. The SMILES string of the molecule is Cc1ccccc1N1CCN(CCC(=O)c2cc3ccccc3o2)CC1. The van der Waals surface area contributed by atoms with Gasteiger partial charge in [0.25, 0.3) is 0 Å². The highest BCUT2D eigenvalue weighted by Gasteiger charge is 2.20. The Kier molecular flexibility index (Phi) is 4.76. The number of piperazine rings is 1. The Hall–Kier alpha value is -2.59. The number of ketones is 1. The first-order chi connectivity index (χ1) is 12.7. The number of fused-ring (bicyclic) bond motifs is 1. The van der Waals surface area contributed by atoms with E-state index in [2.05, 4.69) is 41.0 Å². The number of anilines is 1. The summed E-state index contributed by atoms with van der Waals surface area (Å²) in [5.74, 6) is 0.562. The lowest BCUT2D eigenvalue weighted by molar-refractivity contribution is 0.0937. The maximum atomic E-state index is 12.5. The van der Waals surface area contributed by atoms with Gasteiger partial charge in [0.2, 0.25) is 0 Å². The summed E-state index contributed by atoms with van der Waals surface area (Å²) in [4.78, 5) is 17.3. The number of benzene rings is 2. The van der Waals surface area contributed by atoms with E-state index in [9.17, 15) is 4.79 Å². The third-order valence-electron chi connectivity index (χ3n) is 5.18. The molecule has 1 aromatic heterocycles. The third kappa shape index (κ3) is 3.51. The van der Waals surface area contributed by atoms with Crippen LogP contribution in [0.15, 0.2) is 59.0 Å². The van der Waals surface area contributed by atoms with Crippen molar-refractivity contribution in [1.29, 1.82) is 0 Å². The fraction of sp³-hybridized carbons (Fsp3) is 0.318. The van der Waals surface area contributed by atoms with Crippen LogP contribution in [0.5, 0.6) is 0 Å². The molecule has 1 fully saturated rings. The molecule has 0 bridgehead atoms. The summed E-state index contributed by atoms with van der Waals surface area (Å²) in [5.41, 5.74) is 3.43. The van der Waals surface area contributed by atoms with Gasteiger partial charge in [-0.15, -0.1) is 0 Å². The third-order valence-corrected chi connectivity index (χ3v) is 5.18. The number of carbonyl (C=O) groups excluding carboxylic acids is 1. The zero-order valence-corrected chi connectivity index (χ0v) is 15.1. The van der Waals surface area contributed by atoms with Gasteiger partial charge < -0.3 is 9.32 Å². The Bertz CT molecular complexity index is 874. The van der Waals surface area contributed by atoms with E-state index in [1.54, 1.807) is 0 Å². The molecular formula is C22H24N2O2. The molecular weight excluding hydrogens is 324 g/mol. The van der Waals surface area contributed by atoms with Gasteiger partial charge >= 0.3 is 0 Å². The van der Waals surface area contributed by atoms with Crippen molar-refractivity contribution in [2.45, 2.75) is 13.3 Å². The van der Waals surface area contributed by atoms with Crippen LogP contribution in [0.2, 0.25) is 0 Å². The number of hydrogen-bond acceptors (Lipinski definition) is 4. The fourth-order valence-corrected chi connectivity index (χ4v) is 3.63. The monoisotopic (exact) mass is 348 g/mol. The van der Waals surface area contributed by atoms with Gasteiger partial charge in [-0.1, -0.05) is 36.4 Å². The molecule has 4 heteroatoms. The highest BCUT2D eigenvalue weighted by Crippen LogP contribution is 2.22. The van der Waals surface area contributed by atoms with Crippen LogP contribution in [0.25, 0.3) is 11.0 Å². The lowest BCUT2D eigenvalue weighted by atomic mass is 10.1. The summed E-state index contributed by atoms with van der Waals surface area (Å²) in [6, 6.07) is 18.1. The van der Waals surface area contributed by atoms with Crippen molar-refractivity contribution < 1.29 is 9.21 Å². The largest absolute Gasteiger partial charge is 0.453 e. The molecule has 4 rings (SSSR count). The minimum absolute atomic E-state index is 0.0857. The number of para-hydroxylation sites is 2. The molecule has 0 radical (unpaired) electrons. The standard InChI is InChI=1S/C22H24N2O2/c1-17-6-2-4-8-19(17)24-14-12-23(13-15-24)11-10-20(25)22-16-18-7-3-5-9-21(18)26-22/h2-9,16H,10-15H2,1H3. The van der Waals surface area contributed by atoms with E-state index in [-0.39, 0.29) is 5.78 Å². The van der Waals surface area contributed by atoms with Gasteiger partial charge in [-0.05, 0) is 30.7 Å². The van der Waals surface area contributed by atoms with Crippen LogP contribution in [-0.2, 0) is 0 Å². The first-order valence-electron chi connectivity index (χ1n) is 9.25. The molecule has 0 amide bonds. The van der Waals surface area contributed by atoms with E-state index in [0.29, 0.717) is 12.2 Å². The number of furan rings is 1. The van der Waals surface area contributed by atoms with Gasteiger partial charge in [-0.2, -0.15) is 0 Å². The van der Waals surface area contributed by atoms with Crippen molar-refractivity contribution in [2.75, 3.05) is 37.6 Å². The molecule has 26 heavy (non-hydrogen) atoms. The lowest BCUT2D eigenvalue weighted by Crippen LogP contribution is -2.47. The van der Waals surface area contributed by atoms with Gasteiger partial charge in [-0.25, -0.2) is 0 Å². The number of carbonyl (C=O) groups is 1. The number of hydrogen-bond donors (Lipinski definition) is 0. The summed E-state index contributed by atoms with van der Waals surface area (Å²) in [5, 5.41) is 0.989. The van der Waals surface area contributed by atoms with Gasteiger partial charge in [0.05, 0.1) is 0 Å². The van der Waals surface area contributed by atoms with Crippen molar-refractivity contribution in [1.82, 2.24) is 4.90 Å². The van der Waals surface area contributed by atoms with E-state index >= 15 is 0 Å².